The van der Waals surface area contributed by atoms with Gasteiger partial charge in [0.25, 0.3) is 0 Å². The third-order valence-corrected chi connectivity index (χ3v) is 4.81. The highest BCUT2D eigenvalue weighted by molar-refractivity contribution is 7.97. The lowest BCUT2D eigenvalue weighted by atomic mass is 9.82. The maximum absolute atomic E-state index is 3.56. The zero-order valence-corrected chi connectivity index (χ0v) is 6.91. The quantitative estimate of drug-likeness (QED) is 0.535. The van der Waals surface area contributed by atoms with Gasteiger partial charge in [-0.1, -0.05) is 11.9 Å². The Labute approximate surface area is 66.1 Å². The van der Waals surface area contributed by atoms with E-state index in [2.05, 4.69) is 4.72 Å². The largest absolute Gasteiger partial charge is 0.260 e. The summed E-state index contributed by atoms with van der Waals surface area (Å²) in [5, 5.41) is 0. The smallest absolute Gasteiger partial charge is 0.0239 e. The van der Waals surface area contributed by atoms with Crippen molar-refractivity contribution < 1.29 is 0 Å². The van der Waals surface area contributed by atoms with Crippen LogP contribution in [0.2, 0.25) is 0 Å². The third-order valence-electron chi connectivity index (χ3n) is 3.64. The molecule has 0 aromatic heterocycles. The zero-order valence-electron chi connectivity index (χ0n) is 6.10. The molecule has 1 N–H and O–H groups in total. The molecule has 10 heavy (non-hydrogen) atoms. The Morgan fingerprint density at radius 3 is 3.30 bits per heavy atom. The summed E-state index contributed by atoms with van der Waals surface area (Å²) in [6, 6.07) is 0.899. The van der Waals surface area contributed by atoms with Crippen LogP contribution in [-0.2, 0) is 0 Å². The maximum atomic E-state index is 3.56. The molecule has 1 saturated heterocycles. The fourth-order valence-electron chi connectivity index (χ4n) is 3.06. The molecule has 1 heterocycles. The predicted octanol–water partition coefficient (Wildman–Crippen LogP) is 1.80. The summed E-state index contributed by atoms with van der Waals surface area (Å²) in [5.41, 5.74) is 0.773. The van der Waals surface area contributed by atoms with Crippen LogP contribution in [0.25, 0.3) is 0 Å². The van der Waals surface area contributed by atoms with Gasteiger partial charge in [0.2, 0.25) is 0 Å². The Morgan fingerprint density at radius 1 is 1.50 bits per heavy atom. The van der Waals surface area contributed by atoms with Crippen molar-refractivity contribution in [2.45, 2.75) is 31.7 Å². The van der Waals surface area contributed by atoms with Crippen molar-refractivity contribution in [1.29, 1.82) is 0 Å². The second-order valence-corrected chi connectivity index (χ2v) is 4.98. The Hall–Kier alpha value is 0.310. The third kappa shape index (κ3) is 0.554. The van der Waals surface area contributed by atoms with E-state index in [9.17, 15) is 0 Å². The molecule has 1 nitrogen and oxygen atoms in total. The van der Waals surface area contributed by atoms with Crippen LogP contribution in [0.1, 0.15) is 25.7 Å². The van der Waals surface area contributed by atoms with Crippen LogP contribution >= 0.6 is 11.9 Å². The number of fused-ring (bicyclic) bond motifs is 1. The SMILES string of the molecule is C1CC23CSNC2CC1C3. The summed E-state index contributed by atoms with van der Waals surface area (Å²) < 4.78 is 3.56. The van der Waals surface area contributed by atoms with Crippen LogP contribution < -0.4 is 4.72 Å². The first-order chi connectivity index (χ1) is 4.89. The number of hydrogen-bond acceptors (Lipinski definition) is 2. The monoisotopic (exact) mass is 155 g/mol. The van der Waals surface area contributed by atoms with Gasteiger partial charge in [0.05, 0.1) is 0 Å². The summed E-state index contributed by atoms with van der Waals surface area (Å²) in [4.78, 5) is 0. The normalized spacial score (nSPS) is 57.6. The molecule has 3 fully saturated rings. The van der Waals surface area contributed by atoms with Crippen molar-refractivity contribution in [2.75, 3.05) is 5.75 Å². The molecule has 1 aliphatic heterocycles. The van der Waals surface area contributed by atoms with E-state index in [0.29, 0.717) is 0 Å². The van der Waals surface area contributed by atoms with E-state index < -0.39 is 0 Å². The minimum atomic E-state index is 0.773. The van der Waals surface area contributed by atoms with Crippen LogP contribution in [-0.4, -0.2) is 11.8 Å². The molecule has 3 atom stereocenters. The Morgan fingerprint density at radius 2 is 2.50 bits per heavy atom. The fourth-order valence-corrected chi connectivity index (χ4v) is 4.44. The molecule has 3 rings (SSSR count). The molecule has 0 radical (unpaired) electrons. The highest BCUT2D eigenvalue weighted by Gasteiger charge is 2.54. The van der Waals surface area contributed by atoms with E-state index in [-0.39, 0.29) is 0 Å². The van der Waals surface area contributed by atoms with Crippen molar-refractivity contribution in [3.63, 3.8) is 0 Å². The molecule has 2 saturated carbocycles. The van der Waals surface area contributed by atoms with E-state index in [1.54, 1.807) is 0 Å². The standard InChI is InChI=1S/C8H13NS/c1-2-8-4-6(1)3-7(8)9-10-5-8/h6-7,9H,1-5H2. The number of nitrogens with one attached hydrogen (secondary N) is 1. The summed E-state index contributed by atoms with van der Waals surface area (Å²) >= 11 is 1.97. The van der Waals surface area contributed by atoms with Crippen LogP contribution in [0.4, 0.5) is 0 Å². The van der Waals surface area contributed by atoms with Crippen LogP contribution in [0, 0.1) is 11.3 Å². The van der Waals surface area contributed by atoms with Crippen molar-refractivity contribution >= 4 is 11.9 Å². The van der Waals surface area contributed by atoms with Crippen molar-refractivity contribution in [2.24, 2.45) is 11.3 Å². The highest BCUT2D eigenvalue weighted by Crippen LogP contribution is 2.58. The second kappa shape index (κ2) is 1.72. The Bertz CT molecular complexity index is 167. The Kier molecular flexibility index (Phi) is 1.02. The number of rotatable bonds is 0. The average Bonchev–Trinajstić information content (AvgIpc) is 2.48. The molecule has 0 aromatic rings. The van der Waals surface area contributed by atoms with Crippen LogP contribution in [0.15, 0.2) is 0 Å². The molecular formula is C8H13NS. The number of hydrogen-bond donors (Lipinski definition) is 1. The molecule has 3 aliphatic rings. The van der Waals surface area contributed by atoms with Crippen molar-refractivity contribution in [3.8, 4) is 0 Å². The van der Waals surface area contributed by atoms with Crippen LogP contribution in [0.5, 0.6) is 0 Å². The lowest BCUT2D eigenvalue weighted by molar-refractivity contribution is 0.294. The average molecular weight is 155 g/mol. The molecule has 2 heteroatoms. The molecule has 56 valence electrons. The van der Waals surface area contributed by atoms with Gasteiger partial charge in [0.15, 0.2) is 0 Å². The molecule has 2 bridgehead atoms. The van der Waals surface area contributed by atoms with E-state index >= 15 is 0 Å². The van der Waals surface area contributed by atoms with Gasteiger partial charge in [-0.05, 0) is 37.0 Å². The van der Waals surface area contributed by atoms with E-state index in [1.807, 2.05) is 11.9 Å². The molecule has 2 aliphatic carbocycles. The van der Waals surface area contributed by atoms with Gasteiger partial charge in [-0.15, -0.1) is 0 Å². The minimum Gasteiger partial charge on any atom is -0.260 e. The molecular weight excluding hydrogens is 142 g/mol. The lowest BCUT2D eigenvalue weighted by Gasteiger charge is -2.25. The van der Waals surface area contributed by atoms with Gasteiger partial charge in [0.1, 0.15) is 0 Å². The first kappa shape index (κ1) is 5.90. The predicted molar refractivity (Wildman–Crippen MR) is 43.8 cm³/mol. The van der Waals surface area contributed by atoms with Gasteiger partial charge in [-0.2, -0.15) is 0 Å². The van der Waals surface area contributed by atoms with Gasteiger partial charge < -0.3 is 0 Å². The van der Waals surface area contributed by atoms with Crippen molar-refractivity contribution in [1.82, 2.24) is 4.72 Å². The van der Waals surface area contributed by atoms with Gasteiger partial charge in [0, 0.05) is 11.8 Å². The first-order valence-electron chi connectivity index (χ1n) is 4.26. The minimum absolute atomic E-state index is 0.773. The summed E-state index contributed by atoms with van der Waals surface area (Å²) in [6.07, 6.45) is 6.06. The van der Waals surface area contributed by atoms with E-state index in [0.717, 1.165) is 17.4 Å². The molecule has 0 amide bonds. The highest BCUT2D eigenvalue weighted by atomic mass is 32.2. The van der Waals surface area contributed by atoms with E-state index in [4.69, 9.17) is 0 Å². The summed E-state index contributed by atoms with van der Waals surface area (Å²) in [6.45, 7) is 0. The van der Waals surface area contributed by atoms with Crippen molar-refractivity contribution in [3.05, 3.63) is 0 Å². The first-order valence-corrected chi connectivity index (χ1v) is 5.25. The molecule has 3 unspecified atom stereocenters. The summed E-state index contributed by atoms with van der Waals surface area (Å²) in [5.74, 6) is 2.49. The Balaban J connectivity index is 1.99. The topological polar surface area (TPSA) is 12.0 Å². The van der Waals surface area contributed by atoms with E-state index in [1.165, 1.54) is 31.4 Å². The second-order valence-electron chi connectivity index (χ2n) is 4.17. The van der Waals surface area contributed by atoms with Gasteiger partial charge >= 0.3 is 0 Å². The lowest BCUT2D eigenvalue weighted by Crippen LogP contribution is -2.32. The van der Waals surface area contributed by atoms with Gasteiger partial charge in [-0.3, -0.25) is 4.72 Å². The van der Waals surface area contributed by atoms with Gasteiger partial charge in [-0.25, -0.2) is 0 Å². The molecule has 0 aromatic carbocycles. The van der Waals surface area contributed by atoms with Crippen LogP contribution in [0.3, 0.4) is 0 Å². The fraction of sp³-hybridized carbons (Fsp3) is 1.00. The summed E-state index contributed by atoms with van der Waals surface area (Å²) in [7, 11) is 0. The molecule has 1 spiro atoms. The zero-order chi connectivity index (χ0) is 6.60. The maximum Gasteiger partial charge on any atom is 0.0239 e.